The van der Waals surface area contributed by atoms with Crippen molar-refractivity contribution in [2.45, 2.75) is 13.2 Å². The van der Waals surface area contributed by atoms with Gasteiger partial charge in [-0.15, -0.1) is 11.3 Å². The molecule has 3 heterocycles. The smallest absolute Gasteiger partial charge is 0.358 e. The van der Waals surface area contributed by atoms with Crippen LogP contribution in [0, 0.1) is 0 Å². The van der Waals surface area contributed by atoms with Crippen LogP contribution in [-0.2, 0) is 13.2 Å². The Hall–Kier alpha value is -3.46. The van der Waals surface area contributed by atoms with Gasteiger partial charge < -0.3 is 14.4 Å². The molecule has 27 heavy (non-hydrogen) atoms. The van der Waals surface area contributed by atoms with Gasteiger partial charge in [-0.1, -0.05) is 30.3 Å². The quantitative estimate of drug-likeness (QED) is 0.549. The fourth-order valence-corrected chi connectivity index (χ4v) is 3.28. The van der Waals surface area contributed by atoms with Gasteiger partial charge in [0.05, 0.1) is 6.54 Å². The second kappa shape index (κ2) is 7.04. The number of imidazole rings is 1. The summed E-state index contributed by atoms with van der Waals surface area (Å²) in [6, 6.07) is 9.19. The van der Waals surface area contributed by atoms with E-state index in [1.54, 1.807) is 23.2 Å². The first-order valence-corrected chi connectivity index (χ1v) is 8.91. The number of carbonyl (C=O) groups is 1. The van der Waals surface area contributed by atoms with Gasteiger partial charge in [-0.05, 0) is 5.56 Å². The molecule has 4 rings (SSSR count). The zero-order valence-corrected chi connectivity index (χ0v) is 14.8. The topological polar surface area (TPSA) is 98.7 Å². The molecule has 0 aliphatic carbocycles. The normalized spacial score (nSPS) is 11.0. The molecule has 0 saturated carbocycles. The van der Waals surface area contributed by atoms with Gasteiger partial charge in [-0.2, -0.15) is 0 Å². The van der Waals surface area contributed by atoms with Crippen LogP contribution in [0.1, 0.15) is 21.1 Å². The number of fused-ring (bicyclic) bond motifs is 1. The van der Waals surface area contributed by atoms with Crippen LogP contribution in [-0.4, -0.2) is 30.0 Å². The molecule has 8 nitrogen and oxygen atoms in total. The monoisotopic (exact) mass is 382 g/mol. The van der Waals surface area contributed by atoms with Crippen molar-refractivity contribution < 1.29 is 14.6 Å². The second-order valence-corrected chi connectivity index (χ2v) is 6.68. The van der Waals surface area contributed by atoms with Crippen molar-refractivity contribution in [3.05, 3.63) is 80.9 Å². The van der Waals surface area contributed by atoms with Crippen molar-refractivity contribution in [3.8, 4) is 5.75 Å². The maximum absolute atomic E-state index is 12.8. The van der Waals surface area contributed by atoms with Crippen LogP contribution >= 0.6 is 11.3 Å². The van der Waals surface area contributed by atoms with E-state index in [1.807, 2.05) is 35.7 Å². The first-order chi connectivity index (χ1) is 13.1. The Morgan fingerprint density at radius 1 is 1.22 bits per heavy atom. The molecule has 0 amide bonds. The molecular weight excluding hydrogens is 368 g/mol. The standard InChI is InChI=1S/C18H14N4O4S/c23-16-15(26-11-12-4-2-1-3-5-12)14(17(24)25)20-18-21(7-8-22(16)18)10-13-19-6-9-27-13/h1-9H,10-11H2,(H,24,25). The summed E-state index contributed by atoms with van der Waals surface area (Å²) in [6.07, 6.45) is 4.89. The molecule has 9 heteroatoms. The van der Waals surface area contributed by atoms with Crippen molar-refractivity contribution in [2.75, 3.05) is 0 Å². The van der Waals surface area contributed by atoms with Crippen LogP contribution < -0.4 is 10.3 Å². The van der Waals surface area contributed by atoms with Crippen molar-refractivity contribution in [3.63, 3.8) is 0 Å². The average molecular weight is 382 g/mol. The Morgan fingerprint density at radius 2 is 2.04 bits per heavy atom. The number of aromatic carboxylic acids is 1. The molecule has 0 atom stereocenters. The molecule has 1 aromatic carbocycles. The van der Waals surface area contributed by atoms with Crippen molar-refractivity contribution in [1.82, 2.24) is 18.9 Å². The minimum atomic E-state index is -1.32. The molecule has 4 aromatic rings. The van der Waals surface area contributed by atoms with Gasteiger partial charge in [0, 0.05) is 24.0 Å². The van der Waals surface area contributed by atoms with Crippen LogP contribution in [0.4, 0.5) is 0 Å². The third kappa shape index (κ3) is 3.32. The summed E-state index contributed by atoms with van der Waals surface area (Å²) >= 11 is 1.47. The van der Waals surface area contributed by atoms with E-state index >= 15 is 0 Å². The molecule has 0 fully saturated rings. The number of hydrogen-bond acceptors (Lipinski definition) is 6. The number of thiazole rings is 1. The van der Waals surface area contributed by atoms with E-state index in [4.69, 9.17) is 4.74 Å². The third-order valence-electron chi connectivity index (χ3n) is 3.93. The van der Waals surface area contributed by atoms with E-state index in [2.05, 4.69) is 9.97 Å². The largest absolute Gasteiger partial charge is 0.481 e. The lowest BCUT2D eigenvalue weighted by molar-refractivity contribution is 0.0684. The van der Waals surface area contributed by atoms with Gasteiger partial charge in [0.15, 0.2) is 5.69 Å². The number of nitrogens with zero attached hydrogens (tertiary/aromatic N) is 4. The molecule has 0 saturated heterocycles. The van der Waals surface area contributed by atoms with E-state index in [0.29, 0.717) is 6.54 Å². The van der Waals surface area contributed by atoms with Gasteiger partial charge >= 0.3 is 11.5 Å². The summed E-state index contributed by atoms with van der Waals surface area (Å²) in [4.78, 5) is 32.8. The first kappa shape index (κ1) is 17.0. The van der Waals surface area contributed by atoms with Crippen LogP contribution in [0.2, 0.25) is 0 Å². The number of ether oxygens (including phenoxy) is 1. The van der Waals surface area contributed by atoms with Crippen LogP contribution in [0.5, 0.6) is 5.75 Å². The van der Waals surface area contributed by atoms with Crippen molar-refractivity contribution in [2.24, 2.45) is 0 Å². The summed E-state index contributed by atoms with van der Waals surface area (Å²) in [7, 11) is 0. The maximum Gasteiger partial charge on any atom is 0.358 e. The SMILES string of the molecule is O=C(O)c1nc2n(Cc3nccs3)ccn2c(=O)c1OCc1ccccc1. The van der Waals surface area contributed by atoms with Gasteiger partial charge in [-0.3, -0.25) is 4.79 Å². The third-order valence-corrected chi connectivity index (χ3v) is 4.69. The molecule has 0 spiro atoms. The average Bonchev–Trinajstić information content (AvgIpc) is 3.32. The molecule has 136 valence electrons. The van der Waals surface area contributed by atoms with Crippen LogP contribution in [0.25, 0.3) is 5.78 Å². The lowest BCUT2D eigenvalue weighted by atomic mass is 10.2. The summed E-state index contributed by atoms with van der Waals surface area (Å²) in [5.41, 5.74) is -0.152. The zero-order valence-electron chi connectivity index (χ0n) is 14.0. The highest BCUT2D eigenvalue weighted by atomic mass is 32.1. The number of carboxylic acids is 1. The summed E-state index contributed by atoms with van der Waals surface area (Å²) in [6.45, 7) is 0.466. The number of rotatable bonds is 6. The van der Waals surface area contributed by atoms with Crippen molar-refractivity contribution >= 4 is 23.1 Å². The van der Waals surface area contributed by atoms with E-state index in [-0.39, 0.29) is 18.1 Å². The minimum Gasteiger partial charge on any atom is -0.481 e. The Labute approximate surface area is 156 Å². The predicted octanol–water partition coefficient (Wildman–Crippen LogP) is 2.28. The lowest BCUT2D eigenvalue weighted by Gasteiger charge is -2.09. The fourth-order valence-electron chi connectivity index (χ4n) is 2.66. The number of hydrogen-bond donors (Lipinski definition) is 1. The van der Waals surface area contributed by atoms with E-state index in [0.717, 1.165) is 10.6 Å². The molecule has 0 bridgehead atoms. The Bertz CT molecular complexity index is 1150. The van der Waals surface area contributed by atoms with Crippen LogP contribution in [0.3, 0.4) is 0 Å². The second-order valence-electron chi connectivity index (χ2n) is 5.70. The fraction of sp³-hybridized carbons (Fsp3) is 0.111. The molecular formula is C18H14N4O4S. The summed E-state index contributed by atoms with van der Waals surface area (Å²) in [5, 5.41) is 12.2. The predicted molar refractivity (Wildman–Crippen MR) is 98.4 cm³/mol. The van der Waals surface area contributed by atoms with Gasteiger partial charge in [0.1, 0.15) is 11.6 Å². The highest BCUT2D eigenvalue weighted by molar-refractivity contribution is 7.09. The molecule has 0 radical (unpaired) electrons. The highest BCUT2D eigenvalue weighted by Crippen LogP contribution is 2.16. The Kier molecular flexibility index (Phi) is 4.43. The highest BCUT2D eigenvalue weighted by Gasteiger charge is 2.22. The molecule has 3 aromatic heterocycles. The number of benzene rings is 1. The van der Waals surface area contributed by atoms with E-state index in [9.17, 15) is 14.7 Å². The molecule has 0 aliphatic heterocycles. The van der Waals surface area contributed by atoms with Gasteiger partial charge in [0.2, 0.25) is 11.5 Å². The van der Waals surface area contributed by atoms with E-state index < -0.39 is 17.2 Å². The first-order valence-electron chi connectivity index (χ1n) is 8.03. The summed E-state index contributed by atoms with van der Waals surface area (Å²) < 4.78 is 8.49. The number of aromatic nitrogens is 4. The molecule has 0 unspecified atom stereocenters. The zero-order chi connectivity index (χ0) is 18.8. The Morgan fingerprint density at radius 3 is 2.74 bits per heavy atom. The minimum absolute atomic E-state index is 0.0733. The lowest BCUT2D eigenvalue weighted by Crippen LogP contribution is -2.22. The van der Waals surface area contributed by atoms with Crippen molar-refractivity contribution in [1.29, 1.82) is 0 Å². The van der Waals surface area contributed by atoms with Gasteiger partial charge in [-0.25, -0.2) is 19.2 Å². The van der Waals surface area contributed by atoms with E-state index in [1.165, 1.54) is 15.7 Å². The summed E-state index contributed by atoms with van der Waals surface area (Å²) in [5.74, 6) is -1.38. The van der Waals surface area contributed by atoms with Gasteiger partial charge in [0.25, 0.3) is 0 Å². The Balaban J connectivity index is 1.75. The number of carboxylic acid groups (broad SMARTS) is 1. The maximum atomic E-state index is 12.8. The van der Waals surface area contributed by atoms with Crippen LogP contribution in [0.15, 0.2) is 59.1 Å². The molecule has 0 aliphatic rings. The molecule has 1 N–H and O–H groups in total.